The highest BCUT2D eigenvalue weighted by atomic mass is 16.5. The van der Waals surface area contributed by atoms with Crippen molar-refractivity contribution in [3.05, 3.63) is 0 Å². The molecule has 2 saturated carbocycles. The normalized spacial score (nSPS) is 23.1. The van der Waals surface area contributed by atoms with Crippen LogP contribution in [0, 0.1) is 35.0 Å². The summed E-state index contributed by atoms with van der Waals surface area (Å²) in [5.74, 6) is 0.0837. The molecule has 1 heterocycles. The predicted molar refractivity (Wildman–Crippen MR) is 176 cm³/mol. The van der Waals surface area contributed by atoms with Gasteiger partial charge in [0.25, 0.3) is 5.91 Å². The minimum atomic E-state index is -1.12. The van der Waals surface area contributed by atoms with Gasteiger partial charge in [-0.25, -0.2) is 9.59 Å². The van der Waals surface area contributed by atoms with E-state index in [9.17, 15) is 28.8 Å². The lowest BCUT2D eigenvalue weighted by atomic mass is 9.70. The molecule has 13 nitrogen and oxygen atoms in total. The van der Waals surface area contributed by atoms with Crippen molar-refractivity contribution in [3.8, 4) is 12.3 Å². The molecule has 6 amide bonds. The van der Waals surface area contributed by atoms with Crippen LogP contribution >= 0.6 is 0 Å². The SMILES string of the molecule is C#CCCC(NC(=O)C1[C@H]2C[C@H]2CN1C(=O)C(NC(=O)NC(COC(=O)NCC)C(C)(C)C)C1(C)CCCCC1)C(=O)C(=O)NCC. The molecule has 2 aliphatic carbocycles. The summed E-state index contributed by atoms with van der Waals surface area (Å²) in [4.78, 5) is 80.6. The third-order valence-corrected chi connectivity index (χ3v) is 9.74. The second kappa shape index (κ2) is 16.3. The number of ketones is 1. The smallest absolute Gasteiger partial charge is 0.407 e. The van der Waals surface area contributed by atoms with E-state index in [2.05, 4.69) is 32.5 Å². The Hall–Kier alpha value is -3.82. The van der Waals surface area contributed by atoms with E-state index in [0.29, 0.717) is 13.1 Å². The highest BCUT2D eigenvalue weighted by Gasteiger charge is 2.59. The number of rotatable bonds is 14. The molecule has 0 aromatic heterocycles. The first-order valence-corrected chi connectivity index (χ1v) is 17.0. The quantitative estimate of drug-likeness (QED) is 0.141. The fourth-order valence-electron chi connectivity index (χ4n) is 6.73. The minimum Gasteiger partial charge on any atom is -0.447 e. The van der Waals surface area contributed by atoms with Gasteiger partial charge in [-0.05, 0) is 62.2 Å². The molecular weight excluding hydrogens is 604 g/mol. The number of nitrogens with zero attached hydrogens (tertiary/aromatic N) is 1. The zero-order valence-corrected chi connectivity index (χ0v) is 28.8. The molecule has 3 rings (SSSR count). The summed E-state index contributed by atoms with van der Waals surface area (Å²) < 4.78 is 5.33. The lowest BCUT2D eigenvalue weighted by molar-refractivity contribution is -0.145. The summed E-state index contributed by atoms with van der Waals surface area (Å²) in [6, 6.07) is -4.00. The van der Waals surface area contributed by atoms with E-state index < -0.39 is 64.7 Å². The first-order valence-electron chi connectivity index (χ1n) is 17.0. The highest BCUT2D eigenvalue weighted by molar-refractivity contribution is 6.38. The fourth-order valence-corrected chi connectivity index (χ4v) is 6.73. The van der Waals surface area contributed by atoms with Crippen molar-refractivity contribution in [2.24, 2.45) is 22.7 Å². The number of ether oxygens (including phenoxy) is 1. The number of carbonyl (C=O) groups excluding carboxylic acids is 6. The average molecular weight is 659 g/mol. The molecule has 3 fully saturated rings. The molecule has 262 valence electrons. The number of hydrogen-bond donors (Lipinski definition) is 5. The second-order valence-electron chi connectivity index (χ2n) is 14.4. The third-order valence-electron chi connectivity index (χ3n) is 9.74. The second-order valence-corrected chi connectivity index (χ2v) is 14.4. The molecule has 5 N–H and O–H groups in total. The Bertz CT molecular complexity index is 1220. The van der Waals surface area contributed by atoms with Crippen LogP contribution < -0.4 is 26.6 Å². The summed E-state index contributed by atoms with van der Waals surface area (Å²) >= 11 is 0. The van der Waals surface area contributed by atoms with Crippen LogP contribution in [-0.4, -0.2) is 90.9 Å². The lowest BCUT2D eigenvalue weighted by Gasteiger charge is -2.43. The number of hydrogen-bond acceptors (Lipinski definition) is 7. The van der Waals surface area contributed by atoms with Crippen LogP contribution in [0.15, 0.2) is 0 Å². The molecule has 0 aromatic carbocycles. The van der Waals surface area contributed by atoms with Gasteiger partial charge < -0.3 is 36.2 Å². The number of nitrogens with one attached hydrogen (secondary N) is 5. The van der Waals surface area contributed by atoms with Crippen molar-refractivity contribution in [2.45, 2.75) is 117 Å². The number of piperidine rings is 1. The lowest BCUT2D eigenvalue weighted by Crippen LogP contribution is -2.63. The molecule has 13 heteroatoms. The molecule has 0 bridgehead atoms. The van der Waals surface area contributed by atoms with Crippen LogP contribution in [0.1, 0.15) is 92.9 Å². The van der Waals surface area contributed by atoms with Crippen LogP contribution in [0.5, 0.6) is 0 Å². The van der Waals surface area contributed by atoms with Gasteiger partial charge >= 0.3 is 12.1 Å². The maximum absolute atomic E-state index is 14.5. The number of alkyl carbamates (subject to hydrolysis) is 1. The highest BCUT2D eigenvalue weighted by Crippen LogP contribution is 2.50. The molecule has 47 heavy (non-hydrogen) atoms. The first-order chi connectivity index (χ1) is 22.2. The Morgan fingerprint density at radius 2 is 1.64 bits per heavy atom. The summed E-state index contributed by atoms with van der Waals surface area (Å²) in [5, 5.41) is 13.7. The van der Waals surface area contributed by atoms with Gasteiger partial charge in [0.15, 0.2) is 0 Å². The summed E-state index contributed by atoms with van der Waals surface area (Å²) in [5.41, 5.74) is -1.03. The van der Waals surface area contributed by atoms with E-state index in [0.717, 1.165) is 38.5 Å². The Kier molecular flexibility index (Phi) is 13.1. The third kappa shape index (κ3) is 9.84. The van der Waals surface area contributed by atoms with Gasteiger partial charge in [-0.2, -0.15) is 0 Å². The number of likely N-dealkylation sites (tertiary alicyclic amines) is 1. The van der Waals surface area contributed by atoms with E-state index in [1.165, 1.54) is 0 Å². The number of likely N-dealkylation sites (N-methyl/N-ethyl adjacent to an activating group) is 1. The maximum atomic E-state index is 14.5. The Balaban J connectivity index is 1.82. The number of terminal acetylenes is 1. The number of Topliss-reactive ketones (excluding diaryl/α,β-unsaturated/α-hetero) is 1. The molecule has 6 atom stereocenters. The average Bonchev–Trinajstić information content (AvgIpc) is 3.67. The molecule has 1 saturated heterocycles. The van der Waals surface area contributed by atoms with Gasteiger partial charge in [-0.1, -0.05) is 47.0 Å². The van der Waals surface area contributed by atoms with Crippen molar-refractivity contribution < 1.29 is 33.5 Å². The molecule has 3 aliphatic rings. The Labute approximate surface area is 278 Å². The van der Waals surface area contributed by atoms with E-state index in [1.54, 1.807) is 18.7 Å². The van der Waals surface area contributed by atoms with Crippen molar-refractivity contribution in [2.75, 3.05) is 26.2 Å². The topological polar surface area (TPSA) is 175 Å². The van der Waals surface area contributed by atoms with Gasteiger partial charge in [0.1, 0.15) is 18.7 Å². The van der Waals surface area contributed by atoms with Crippen LogP contribution in [0.4, 0.5) is 9.59 Å². The van der Waals surface area contributed by atoms with E-state index in [-0.39, 0.29) is 43.7 Å². The summed E-state index contributed by atoms with van der Waals surface area (Å²) in [7, 11) is 0. The number of amides is 6. The number of fused-ring (bicyclic) bond motifs is 1. The summed E-state index contributed by atoms with van der Waals surface area (Å²) in [6.07, 6.45) is 10.2. The molecule has 4 unspecified atom stereocenters. The molecular formula is C34H54N6O7. The number of carbonyl (C=O) groups is 6. The van der Waals surface area contributed by atoms with Crippen molar-refractivity contribution in [1.29, 1.82) is 0 Å². The monoisotopic (exact) mass is 658 g/mol. The standard InChI is InChI=1S/C34H54N6O7/c1-8-11-15-23(26(41)29(43)35-9-2)37-28(42)25-22-18-21(22)19-40(25)30(44)27(34(7)16-13-12-14-17-34)39-31(45)38-24(33(4,5)6)20-47-32(46)36-10-3/h1,21-25,27H,9-20H2,2-7H3,(H,35,43)(H,36,46)(H,37,42)(H2,38,39,45)/t21-,22-,23?,24?,25?,27?/m0/s1. The number of urea groups is 1. The van der Waals surface area contributed by atoms with E-state index in [1.807, 2.05) is 27.7 Å². The zero-order chi connectivity index (χ0) is 34.9. The van der Waals surface area contributed by atoms with E-state index >= 15 is 0 Å². The van der Waals surface area contributed by atoms with Gasteiger partial charge in [-0.3, -0.25) is 19.2 Å². The maximum Gasteiger partial charge on any atom is 0.407 e. The largest absolute Gasteiger partial charge is 0.447 e. The fraction of sp³-hybridized carbons (Fsp3) is 0.765. The Morgan fingerprint density at radius 1 is 0.979 bits per heavy atom. The van der Waals surface area contributed by atoms with Crippen LogP contribution in [0.2, 0.25) is 0 Å². The van der Waals surface area contributed by atoms with Gasteiger partial charge in [-0.15, -0.1) is 12.3 Å². The molecule has 0 radical (unpaired) electrons. The van der Waals surface area contributed by atoms with Crippen molar-refractivity contribution >= 4 is 35.6 Å². The predicted octanol–water partition coefficient (Wildman–Crippen LogP) is 2.24. The molecule has 0 spiro atoms. The van der Waals surface area contributed by atoms with Gasteiger partial charge in [0, 0.05) is 26.1 Å². The van der Waals surface area contributed by atoms with Crippen LogP contribution in [0.25, 0.3) is 0 Å². The van der Waals surface area contributed by atoms with Crippen LogP contribution in [-0.2, 0) is 23.9 Å². The van der Waals surface area contributed by atoms with E-state index in [4.69, 9.17) is 11.2 Å². The minimum absolute atomic E-state index is 0.0633. The Morgan fingerprint density at radius 3 is 2.23 bits per heavy atom. The van der Waals surface area contributed by atoms with Crippen molar-refractivity contribution in [1.82, 2.24) is 31.5 Å². The van der Waals surface area contributed by atoms with Crippen LogP contribution in [0.3, 0.4) is 0 Å². The van der Waals surface area contributed by atoms with Gasteiger partial charge in [0.05, 0.1) is 12.1 Å². The zero-order valence-electron chi connectivity index (χ0n) is 28.8. The van der Waals surface area contributed by atoms with Gasteiger partial charge in [0.2, 0.25) is 17.6 Å². The summed E-state index contributed by atoms with van der Waals surface area (Å²) in [6.45, 7) is 12.2. The molecule has 1 aliphatic heterocycles. The first kappa shape index (κ1) is 37.6. The molecule has 0 aromatic rings. The van der Waals surface area contributed by atoms with Crippen molar-refractivity contribution in [3.63, 3.8) is 0 Å².